The minimum absolute atomic E-state index is 0.0553. The first kappa shape index (κ1) is 13.4. The summed E-state index contributed by atoms with van der Waals surface area (Å²) in [5, 5.41) is 5.46. The molecule has 2 aliphatic heterocycles. The normalized spacial score (nSPS) is 14.5. The first-order valence-corrected chi connectivity index (χ1v) is 6.97. The number of nitrogens with one attached hydrogen (secondary N) is 2. The molecule has 0 saturated heterocycles. The molecule has 7 nitrogen and oxygen atoms in total. The summed E-state index contributed by atoms with van der Waals surface area (Å²) in [6, 6.07) is 10.0. The molecule has 0 aromatic heterocycles. The second-order valence-electron chi connectivity index (χ2n) is 5.07. The molecule has 0 bridgehead atoms. The van der Waals surface area contributed by atoms with Gasteiger partial charge >= 0.3 is 0 Å². The lowest BCUT2D eigenvalue weighted by atomic mass is 10.1. The van der Waals surface area contributed by atoms with Gasteiger partial charge in [-0.3, -0.25) is 9.59 Å². The molecular formula is C16H12N2O5. The van der Waals surface area contributed by atoms with E-state index in [2.05, 4.69) is 10.6 Å². The molecular weight excluding hydrogens is 300 g/mol. The van der Waals surface area contributed by atoms with Crippen LogP contribution in [0.1, 0.15) is 10.4 Å². The fourth-order valence-corrected chi connectivity index (χ4v) is 2.39. The van der Waals surface area contributed by atoms with Crippen LogP contribution in [0.15, 0.2) is 36.4 Å². The molecule has 2 N–H and O–H groups in total. The number of hydrogen-bond acceptors (Lipinski definition) is 5. The van der Waals surface area contributed by atoms with Gasteiger partial charge in [-0.25, -0.2) is 0 Å². The van der Waals surface area contributed by atoms with E-state index in [0.29, 0.717) is 34.2 Å². The molecule has 0 atom stereocenters. The van der Waals surface area contributed by atoms with Gasteiger partial charge in [0.1, 0.15) is 5.75 Å². The fraction of sp³-hybridized carbons (Fsp3) is 0.125. The molecule has 2 aromatic rings. The lowest BCUT2D eigenvalue weighted by Crippen LogP contribution is -2.25. The Balaban J connectivity index is 1.54. The van der Waals surface area contributed by atoms with Crippen molar-refractivity contribution in [3.63, 3.8) is 0 Å². The van der Waals surface area contributed by atoms with Crippen molar-refractivity contribution in [2.45, 2.75) is 0 Å². The second-order valence-corrected chi connectivity index (χ2v) is 5.07. The van der Waals surface area contributed by atoms with Crippen LogP contribution in [0.3, 0.4) is 0 Å². The molecule has 2 amide bonds. The zero-order chi connectivity index (χ0) is 15.8. The second kappa shape index (κ2) is 5.20. The Labute approximate surface area is 131 Å². The predicted molar refractivity (Wildman–Crippen MR) is 81.1 cm³/mol. The molecule has 2 aromatic carbocycles. The number of ether oxygens (including phenoxy) is 3. The summed E-state index contributed by atoms with van der Waals surface area (Å²) in [5.74, 6) is 1.23. The summed E-state index contributed by atoms with van der Waals surface area (Å²) in [7, 11) is 0. The Kier molecular flexibility index (Phi) is 3.04. The van der Waals surface area contributed by atoms with Gasteiger partial charge in [0.2, 0.25) is 6.79 Å². The van der Waals surface area contributed by atoms with E-state index >= 15 is 0 Å². The van der Waals surface area contributed by atoms with Gasteiger partial charge in [-0.15, -0.1) is 0 Å². The summed E-state index contributed by atoms with van der Waals surface area (Å²) in [6.07, 6.45) is 0. The van der Waals surface area contributed by atoms with Crippen molar-refractivity contribution >= 4 is 23.2 Å². The average Bonchev–Trinajstić information content (AvgIpc) is 3.02. The monoisotopic (exact) mass is 312 g/mol. The van der Waals surface area contributed by atoms with Gasteiger partial charge < -0.3 is 24.8 Å². The van der Waals surface area contributed by atoms with Crippen molar-refractivity contribution in [3.8, 4) is 17.2 Å². The largest absolute Gasteiger partial charge is 0.482 e. The van der Waals surface area contributed by atoms with Crippen LogP contribution in [0.5, 0.6) is 17.2 Å². The van der Waals surface area contributed by atoms with E-state index < -0.39 is 0 Å². The third kappa shape index (κ3) is 2.52. The van der Waals surface area contributed by atoms with Gasteiger partial charge in [0, 0.05) is 17.3 Å². The molecule has 0 aliphatic carbocycles. The van der Waals surface area contributed by atoms with Gasteiger partial charge in [0.25, 0.3) is 11.8 Å². The Morgan fingerprint density at radius 2 is 1.87 bits per heavy atom. The van der Waals surface area contributed by atoms with Crippen LogP contribution in [0.2, 0.25) is 0 Å². The highest BCUT2D eigenvalue weighted by Gasteiger charge is 2.19. The van der Waals surface area contributed by atoms with Crippen LogP contribution in [0.4, 0.5) is 11.4 Å². The van der Waals surface area contributed by atoms with Gasteiger partial charge in [-0.2, -0.15) is 0 Å². The molecule has 4 rings (SSSR count). The number of rotatable bonds is 2. The highest BCUT2D eigenvalue weighted by atomic mass is 16.7. The summed E-state index contributed by atoms with van der Waals surface area (Å²) in [5.41, 5.74) is 1.59. The highest BCUT2D eigenvalue weighted by Crippen LogP contribution is 2.34. The molecule has 2 heterocycles. The number of benzene rings is 2. The quantitative estimate of drug-likeness (QED) is 0.886. The Morgan fingerprint density at radius 1 is 1.00 bits per heavy atom. The zero-order valence-corrected chi connectivity index (χ0v) is 11.9. The maximum atomic E-state index is 12.3. The molecule has 0 unspecified atom stereocenters. The fourth-order valence-electron chi connectivity index (χ4n) is 2.39. The molecule has 7 heteroatoms. The lowest BCUT2D eigenvalue weighted by molar-refractivity contribution is -0.118. The summed E-state index contributed by atoms with van der Waals surface area (Å²) in [6.45, 7) is 0.126. The third-order valence-electron chi connectivity index (χ3n) is 3.51. The van der Waals surface area contributed by atoms with Crippen molar-refractivity contribution < 1.29 is 23.8 Å². The van der Waals surface area contributed by atoms with Crippen LogP contribution < -0.4 is 24.8 Å². The SMILES string of the molecule is O=C1COc2cc(C(=O)Nc3ccc4c(c3)OCO4)ccc2N1. The third-order valence-corrected chi connectivity index (χ3v) is 3.51. The topological polar surface area (TPSA) is 85.9 Å². The summed E-state index contributed by atoms with van der Waals surface area (Å²) < 4.78 is 15.8. The van der Waals surface area contributed by atoms with E-state index in [4.69, 9.17) is 14.2 Å². The standard InChI is InChI=1S/C16H12N2O5/c19-15-7-21-13-5-9(1-3-11(13)18-15)16(20)17-10-2-4-12-14(6-10)23-8-22-12/h1-6H,7-8H2,(H,17,20)(H,18,19). The van der Waals surface area contributed by atoms with Crippen molar-refractivity contribution in [3.05, 3.63) is 42.0 Å². The summed E-state index contributed by atoms with van der Waals surface area (Å²) in [4.78, 5) is 23.6. The van der Waals surface area contributed by atoms with E-state index in [-0.39, 0.29) is 25.2 Å². The van der Waals surface area contributed by atoms with Crippen molar-refractivity contribution in [1.29, 1.82) is 0 Å². The first-order valence-electron chi connectivity index (χ1n) is 6.97. The van der Waals surface area contributed by atoms with E-state index in [9.17, 15) is 9.59 Å². The van der Waals surface area contributed by atoms with Crippen LogP contribution in [0.25, 0.3) is 0 Å². The van der Waals surface area contributed by atoms with E-state index in [0.717, 1.165) is 0 Å². The molecule has 0 spiro atoms. The minimum Gasteiger partial charge on any atom is -0.482 e. The molecule has 0 saturated carbocycles. The number of hydrogen-bond donors (Lipinski definition) is 2. The Morgan fingerprint density at radius 3 is 2.78 bits per heavy atom. The van der Waals surface area contributed by atoms with E-state index in [1.165, 1.54) is 0 Å². The molecule has 0 fully saturated rings. The van der Waals surface area contributed by atoms with Crippen molar-refractivity contribution in [2.24, 2.45) is 0 Å². The van der Waals surface area contributed by atoms with Crippen molar-refractivity contribution in [2.75, 3.05) is 24.0 Å². The first-order chi connectivity index (χ1) is 11.2. The van der Waals surface area contributed by atoms with Gasteiger partial charge in [0.15, 0.2) is 18.1 Å². The number of anilines is 2. The Bertz CT molecular complexity index is 818. The van der Waals surface area contributed by atoms with Crippen molar-refractivity contribution in [1.82, 2.24) is 0 Å². The number of carbonyl (C=O) groups is 2. The predicted octanol–water partition coefficient (Wildman–Crippen LogP) is 2.00. The van der Waals surface area contributed by atoms with Crippen LogP contribution in [-0.4, -0.2) is 25.2 Å². The lowest BCUT2D eigenvalue weighted by Gasteiger charge is -2.18. The van der Waals surface area contributed by atoms with Gasteiger partial charge in [-0.1, -0.05) is 0 Å². The highest BCUT2D eigenvalue weighted by molar-refractivity contribution is 6.05. The van der Waals surface area contributed by atoms with Gasteiger partial charge in [-0.05, 0) is 30.3 Å². The minimum atomic E-state index is -0.285. The average molecular weight is 312 g/mol. The summed E-state index contributed by atoms with van der Waals surface area (Å²) >= 11 is 0. The number of carbonyl (C=O) groups excluding carboxylic acids is 2. The van der Waals surface area contributed by atoms with E-state index in [1.54, 1.807) is 36.4 Å². The number of fused-ring (bicyclic) bond motifs is 2. The van der Waals surface area contributed by atoms with E-state index in [1.807, 2.05) is 0 Å². The molecule has 116 valence electrons. The maximum Gasteiger partial charge on any atom is 0.262 e. The van der Waals surface area contributed by atoms with Crippen LogP contribution in [0, 0.1) is 0 Å². The maximum absolute atomic E-state index is 12.3. The van der Waals surface area contributed by atoms with Crippen LogP contribution >= 0.6 is 0 Å². The molecule has 2 aliphatic rings. The van der Waals surface area contributed by atoms with Gasteiger partial charge in [0.05, 0.1) is 5.69 Å². The Hall–Kier alpha value is -3.22. The van der Waals surface area contributed by atoms with Crippen LogP contribution in [-0.2, 0) is 4.79 Å². The number of amides is 2. The smallest absolute Gasteiger partial charge is 0.262 e. The molecule has 23 heavy (non-hydrogen) atoms. The molecule has 0 radical (unpaired) electrons. The zero-order valence-electron chi connectivity index (χ0n) is 11.9.